The van der Waals surface area contributed by atoms with Crippen molar-refractivity contribution in [1.29, 1.82) is 0 Å². The van der Waals surface area contributed by atoms with E-state index < -0.39 is 0 Å². The summed E-state index contributed by atoms with van der Waals surface area (Å²) >= 11 is 0. The number of benzene rings is 1. The van der Waals surface area contributed by atoms with Gasteiger partial charge in [-0.05, 0) is 54.2 Å². The molecule has 0 aromatic heterocycles. The lowest BCUT2D eigenvalue weighted by Gasteiger charge is -2.41. The van der Waals surface area contributed by atoms with Crippen molar-refractivity contribution in [2.75, 3.05) is 6.79 Å². The molecular formula is C18H26O2. The van der Waals surface area contributed by atoms with Crippen LogP contribution in [-0.4, -0.2) is 6.79 Å². The van der Waals surface area contributed by atoms with Gasteiger partial charge in [-0.15, -0.1) is 0 Å². The van der Waals surface area contributed by atoms with Crippen molar-refractivity contribution >= 4 is 0 Å². The third kappa shape index (κ3) is 2.65. The fourth-order valence-corrected chi connectivity index (χ4v) is 3.76. The van der Waals surface area contributed by atoms with E-state index in [0.717, 1.165) is 23.3 Å². The van der Waals surface area contributed by atoms with E-state index in [-0.39, 0.29) is 0 Å². The second-order valence-electron chi connectivity index (χ2n) is 7.16. The van der Waals surface area contributed by atoms with E-state index in [1.807, 2.05) is 0 Å². The van der Waals surface area contributed by atoms with Gasteiger partial charge in [0, 0.05) is 0 Å². The molecule has 1 aromatic rings. The van der Waals surface area contributed by atoms with Crippen LogP contribution in [0.1, 0.15) is 52.0 Å². The first-order chi connectivity index (χ1) is 9.57. The molecule has 0 spiro atoms. The number of fused-ring (bicyclic) bond motifs is 1. The minimum atomic E-state index is 0.369. The van der Waals surface area contributed by atoms with Gasteiger partial charge in [0.15, 0.2) is 11.5 Å². The lowest BCUT2D eigenvalue weighted by Crippen LogP contribution is -2.31. The Kier molecular flexibility index (Phi) is 3.66. The average Bonchev–Trinajstić information content (AvgIpc) is 2.86. The van der Waals surface area contributed by atoms with E-state index in [9.17, 15) is 0 Å². The topological polar surface area (TPSA) is 18.5 Å². The van der Waals surface area contributed by atoms with Gasteiger partial charge in [0.2, 0.25) is 6.79 Å². The maximum Gasteiger partial charge on any atom is 0.231 e. The van der Waals surface area contributed by atoms with Crippen LogP contribution in [0, 0.1) is 17.3 Å². The Morgan fingerprint density at radius 3 is 2.85 bits per heavy atom. The molecular weight excluding hydrogens is 248 g/mol. The summed E-state index contributed by atoms with van der Waals surface area (Å²) in [7, 11) is 0. The van der Waals surface area contributed by atoms with Crippen LogP contribution in [0.5, 0.6) is 11.5 Å². The zero-order valence-electron chi connectivity index (χ0n) is 12.9. The SMILES string of the molecule is CC(C)C1(C)CCCC(Cc2ccc3c(c2)OCO3)C1. The van der Waals surface area contributed by atoms with Crippen LogP contribution in [-0.2, 0) is 6.42 Å². The van der Waals surface area contributed by atoms with Crippen LogP contribution in [0.15, 0.2) is 18.2 Å². The molecule has 3 rings (SSSR count). The molecule has 1 saturated carbocycles. The third-order valence-corrected chi connectivity index (χ3v) is 5.47. The van der Waals surface area contributed by atoms with Gasteiger partial charge in [-0.3, -0.25) is 0 Å². The predicted molar refractivity (Wildman–Crippen MR) is 81.2 cm³/mol. The molecule has 2 unspecified atom stereocenters. The van der Waals surface area contributed by atoms with E-state index in [0.29, 0.717) is 12.2 Å². The van der Waals surface area contributed by atoms with E-state index in [1.54, 1.807) is 0 Å². The summed E-state index contributed by atoms with van der Waals surface area (Å²) < 4.78 is 10.9. The second kappa shape index (κ2) is 5.31. The Labute approximate surface area is 122 Å². The monoisotopic (exact) mass is 274 g/mol. The van der Waals surface area contributed by atoms with Gasteiger partial charge in [0.1, 0.15) is 0 Å². The molecule has 20 heavy (non-hydrogen) atoms. The number of rotatable bonds is 3. The molecule has 0 amide bonds. The summed E-state index contributed by atoms with van der Waals surface area (Å²) in [5, 5.41) is 0. The lowest BCUT2D eigenvalue weighted by atomic mass is 9.64. The zero-order chi connectivity index (χ0) is 14.2. The highest BCUT2D eigenvalue weighted by molar-refractivity contribution is 5.44. The standard InChI is InChI=1S/C18H26O2/c1-13(2)18(3)8-4-5-15(11-18)9-14-6-7-16-17(10-14)20-12-19-16/h6-7,10,13,15H,4-5,8-9,11-12H2,1-3H3. The Bertz CT molecular complexity index is 480. The number of ether oxygens (including phenoxy) is 2. The molecule has 2 heteroatoms. The normalized spacial score (nSPS) is 28.9. The van der Waals surface area contributed by atoms with Crippen LogP contribution < -0.4 is 9.47 Å². The van der Waals surface area contributed by atoms with Crippen molar-refractivity contribution in [2.24, 2.45) is 17.3 Å². The minimum absolute atomic E-state index is 0.369. The maximum atomic E-state index is 5.49. The summed E-state index contributed by atoms with van der Waals surface area (Å²) in [6, 6.07) is 6.43. The first-order valence-electron chi connectivity index (χ1n) is 7.95. The van der Waals surface area contributed by atoms with Gasteiger partial charge in [0.05, 0.1) is 0 Å². The highest BCUT2D eigenvalue weighted by atomic mass is 16.7. The van der Waals surface area contributed by atoms with Crippen LogP contribution in [0.25, 0.3) is 0 Å². The Hall–Kier alpha value is -1.18. The van der Waals surface area contributed by atoms with Crippen molar-refractivity contribution < 1.29 is 9.47 Å². The first-order valence-corrected chi connectivity index (χ1v) is 7.95. The first kappa shape index (κ1) is 13.8. The van der Waals surface area contributed by atoms with Crippen molar-refractivity contribution in [2.45, 2.75) is 52.9 Å². The molecule has 1 aliphatic carbocycles. The highest BCUT2D eigenvalue weighted by Gasteiger charge is 2.34. The summed E-state index contributed by atoms with van der Waals surface area (Å²) in [6.07, 6.45) is 6.68. The molecule has 1 fully saturated rings. The molecule has 2 nitrogen and oxygen atoms in total. The van der Waals surface area contributed by atoms with Gasteiger partial charge < -0.3 is 9.47 Å². The van der Waals surface area contributed by atoms with Crippen molar-refractivity contribution in [3.8, 4) is 11.5 Å². The molecule has 1 heterocycles. The molecule has 2 atom stereocenters. The van der Waals surface area contributed by atoms with Crippen molar-refractivity contribution in [3.63, 3.8) is 0 Å². The number of hydrogen-bond donors (Lipinski definition) is 0. The fourth-order valence-electron chi connectivity index (χ4n) is 3.76. The molecule has 0 N–H and O–H groups in total. The van der Waals surface area contributed by atoms with E-state index >= 15 is 0 Å². The van der Waals surface area contributed by atoms with E-state index in [4.69, 9.17) is 9.47 Å². The van der Waals surface area contributed by atoms with E-state index in [2.05, 4.69) is 39.0 Å². The summed E-state index contributed by atoms with van der Waals surface area (Å²) in [5.41, 5.74) is 1.92. The van der Waals surface area contributed by atoms with Gasteiger partial charge in [-0.25, -0.2) is 0 Å². The Balaban J connectivity index is 1.68. The largest absolute Gasteiger partial charge is 0.454 e. The molecule has 1 aromatic carbocycles. The zero-order valence-corrected chi connectivity index (χ0v) is 12.9. The van der Waals surface area contributed by atoms with Gasteiger partial charge in [0.25, 0.3) is 0 Å². The third-order valence-electron chi connectivity index (χ3n) is 5.47. The van der Waals surface area contributed by atoms with Gasteiger partial charge in [-0.1, -0.05) is 39.7 Å². The van der Waals surface area contributed by atoms with Crippen LogP contribution in [0.3, 0.4) is 0 Å². The Morgan fingerprint density at radius 2 is 2.05 bits per heavy atom. The summed E-state index contributed by atoms with van der Waals surface area (Å²) in [4.78, 5) is 0. The van der Waals surface area contributed by atoms with Crippen LogP contribution in [0.4, 0.5) is 0 Å². The molecule has 0 saturated heterocycles. The summed E-state index contributed by atoms with van der Waals surface area (Å²) in [6.45, 7) is 7.60. The molecule has 2 aliphatic rings. The van der Waals surface area contributed by atoms with E-state index in [1.165, 1.54) is 37.7 Å². The smallest absolute Gasteiger partial charge is 0.231 e. The lowest BCUT2D eigenvalue weighted by molar-refractivity contribution is 0.102. The number of hydrogen-bond acceptors (Lipinski definition) is 2. The molecule has 1 aliphatic heterocycles. The second-order valence-corrected chi connectivity index (χ2v) is 7.16. The van der Waals surface area contributed by atoms with Gasteiger partial charge in [-0.2, -0.15) is 0 Å². The molecule has 0 radical (unpaired) electrons. The molecule has 0 bridgehead atoms. The Morgan fingerprint density at radius 1 is 1.25 bits per heavy atom. The summed E-state index contributed by atoms with van der Waals surface area (Å²) in [5.74, 6) is 3.41. The van der Waals surface area contributed by atoms with Crippen molar-refractivity contribution in [1.82, 2.24) is 0 Å². The van der Waals surface area contributed by atoms with Gasteiger partial charge >= 0.3 is 0 Å². The minimum Gasteiger partial charge on any atom is -0.454 e. The quantitative estimate of drug-likeness (QED) is 0.787. The fraction of sp³-hybridized carbons (Fsp3) is 0.667. The average molecular weight is 274 g/mol. The van der Waals surface area contributed by atoms with Crippen LogP contribution in [0.2, 0.25) is 0 Å². The predicted octanol–water partition coefficient (Wildman–Crippen LogP) is 4.81. The van der Waals surface area contributed by atoms with Crippen molar-refractivity contribution in [3.05, 3.63) is 23.8 Å². The molecule has 110 valence electrons. The maximum absolute atomic E-state index is 5.49. The van der Waals surface area contributed by atoms with Crippen LogP contribution >= 0.6 is 0 Å². The highest BCUT2D eigenvalue weighted by Crippen LogP contribution is 2.45.